The normalized spacial score (nSPS) is 9.80. The Morgan fingerprint density at radius 2 is 2.20 bits per heavy atom. The number of aryl methyl sites for hydroxylation is 1. The second-order valence-corrected chi connectivity index (χ2v) is 4.58. The maximum atomic E-state index is 5.24. The van der Waals surface area contributed by atoms with Crippen LogP contribution < -0.4 is 4.74 Å². The summed E-state index contributed by atoms with van der Waals surface area (Å²) in [5, 5.41) is 0. The van der Waals surface area contributed by atoms with E-state index in [1.54, 1.807) is 7.11 Å². The molecular formula is C11H14O2S2. The molecule has 4 heteroatoms. The fraction of sp³-hybridized carbons (Fsp3) is 0.364. The van der Waals surface area contributed by atoms with Crippen LogP contribution >= 0.6 is 24.0 Å². The van der Waals surface area contributed by atoms with E-state index < -0.39 is 0 Å². The maximum absolute atomic E-state index is 5.24. The first-order valence-corrected chi connectivity index (χ1v) is 5.89. The van der Waals surface area contributed by atoms with Crippen LogP contribution in [0.3, 0.4) is 0 Å². The third-order valence-corrected chi connectivity index (χ3v) is 2.97. The van der Waals surface area contributed by atoms with Crippen LogP contribution in [0, 0.1) is 6.92 Å². The van der Waals surface area contributed by atoms with Gasteiger partial charge in [-0.05, 0) is 55.5 Å². The summed E-state index contributed by atoms with van der Waals surface area (Å²) in [7, 11) is 1.65. The average Bonchev–Trinajstić information content (AvgIpc) is 2.18. The molecule has 0 bridgehead atoms. The Hall–Kier alpha value is -0.740. The molecule has 82 valence electrons. The quantitative estimate of drug-likeness (QED) is 0.597. The highest BCUT2D eigenvalue weighted by molar-refractivity contribution is 8.22. The number of thioether (sulfide) groups is 1. The van der Waals surface area contributed by atoms with E-state index in [-0.39, 0.29) is 0 Å². The van der Waals surface area contributed by atoms with E-state index >= 15 is 0 Å². The summed E-state index contributed by atoms with van der Waals surface area (Å²) in [5.41, 5.74) is 1.18. The van der Waals surface area contributed by atoms with Crippen molar-refractivity contribution >= 4 is 28.4 Å². The number of hydrogen-bond acceptors (Lipinski definition) is 4. The van der Waals surface area contributed by atoms with Crippen molar-refractivity contribution in [1.29, 1.82) is 0 Å². The molecule has 0 radical (unpaired) electrons. The van der Waals surface area contributed by atoms with E-state index in [1.807, 2.05) is 32.0 Å². The van der Waals surface area contributed by atoms with Gasteiger partial charge in [-0.15, -0.1) is 0 Å². The van der Waals surface area contributed by atoms with Gasteiger partial charge in [0.1, 0.15) is 5.75 Å². The van der Waals surface area contributed by atoms with E-state index in [0.717, 1.165) is 10.6 Å². The van der Waals surface area contributed by atoms with Crippen molar-refractivity contribution in [3.63, 3.8) is 0 Å². The van der Waals surface area contributed by atoms with Gasteiger partial charge >= 0.3 is 0 Å². The van der Waals surface area contributed by atoms with E-state index in [0.29, 0.717) is 11.0 Å². The lowest BCUT2D eigenvalue weighted by molar-refractivity contribution is 0.346. The lowest BCUT2D eigenvalue weighted by Crippen LogP contribution is -1.96. The van der Waals surface area contributed by atoms with Gasteiger partial charge in [-0.2, -0.15) is 0 Å². The van der Waals surface area contributed by atoms with E-state index in [9.17, 15) is 0 Å². The molecule has 0 unspecified atom stereocenters. The molecule has 1 aromatic carbocycles. The van der Waals surface area contributed by atoms with E-state index in [2.05, 4.69) is 0 Å². The van der Waals surface area contributed by atoms with Crippen LogP contribution in [-0.2, 0) is 4.74 Å². The molecular weight excluding hydrogens is 228 g/mol. The van der Waals surface area contributed by atoms with Crippen molar-refractivity contribution in [2.45, 2.75) is 18.7 Å². The van der Waals surface area contributed by atoms with E-state index in [4.69, 9.17) is 21.7 Å². The van der Waals surface area contributed by atoms with Crippen LogP contribution in [0.1, 0.15) is 12.5 Å². The molecule has 1 aromatic rings. The topological polar surface area (TPSA) is 18.5 Å². The van der Waals surface area contributed by atoms with Gasteiger partial charge in [0.05, 0.1) is 18.6 Å². The van der Waals surface area contributed by atoms with Crippen molar-refractivity contribution in [2.24, 2.45) is 0 Å². The molecule has 0 aliphatic heterocycles. The molecule has 0 saturated heterocycles. The van der Waals surface area contributed by atoms with Gasteiger partial charge in [0, 0.05) is 0 Å². The molecule has 2 nitrogen and oxygen atoms in total. The molecule has 15 heavy (non-hydrogen) atoms. The Bertz CT molecular complexity index is 350. The molecule has 0 fully saturated rings. The van der Waals surface area contributed by atoms with Crippen LogP contribution in [0.25, 0.3) is 0 Å². The highest BCUT2D eigenvalue weighted by atomic mass is 32.2. The molecule has 0 saturated carbocycles. The summed E-state index contributed by atoms with van der Waals surface area (Å²) in [6.45, 7) is 4.55. The predicted octanol–water partition coefficient (Wildman–Crippen LogP) is 3.42. The molecule has 0 spiro atoms. The Labute approximate surface area is 100.0 Å². The Balaban J connectivity index is 2.82. The minimum Gasteiger partial charge on any atom is -0.496 e. The van der Waals surface area contributed by atoms with Crippen LogP contribution in [0.4, 0.5) is 0 Å². The van der Waals surface area contributed by atoms with Crippen LogP contribution in [0.2, 0.25) is 0 Å². The van der Waals surface area contributed by atoms with Gasteiger partial charge in [0.15, 0.2) is 0 Å². The first kappa shape index (κ1) is 12.3. The molecule has 0 aliphatic rings. The predicted molar refractivity (Wildman–Crippen MR) is 67.8 cm³/mol. The maximum Gasteiger partial charge on any atom is 0.224 e. The molecule has 0 amide bonds. The van der Waals surface area contributed by atoms with Crippen molar-refractivity contribution in [3.05, 3.63) is 23.8 Å². The second-order valence-electron chi connectivity index (χ2n) is 2.94. The summed E-state index contributed by atoms with van der Waals surface area (Å²) in [5.74, 6) is 0.827. The highest BCUT2D eigenvalue weighted by Gasteiger charge is 2.07. The smallest absolute Gasteiger partial charge is 0.224 e. The standard InChI is InChI=1S/C11H14O2S2/c1-4-13-11(14)15-10-7-8(2)5-6-9(10)12-3/h5-7H,4H2,1-3H3. The SMILES string of the molecule is CCOC(=S)Sc1cc(C)ccc1OC. The Morgan fingerprint density at radius 1 is 1.47 bits per heavy atom. The zero-order chi connectivity index (χ0) is 11.3. The molecule has 0 aliphatic carbocycles. The summed E-state index contributed by atoms with van der Waals surface area (Å²) in [6.07, 6.45) is 0. The third kappa shape index (κ3) is 3.72. The second kappa shape index (κ2) is 5.98. The van der Waals surface area contributed by atoms with Crippen molar-refractivity contribution in [3.8, 4) is 5.75 Å². The minimum atomic E-state index is 0.529. The van der Waals surface area contributed by atoms with Crippen LogP contribution in [-0.4, -0.2) is 18.1 Å². The molecule has 0 atom stereocenters. The lowest BCUT2D eigenvalue weighted by Gasteiger charge is -2.09. The first-order valence-electron chi connectivity index (χ1n) is 4.66. The summed E-state index contributed by atoms with van der Waals surface area (Å²) in [4.78, 5) is 0.996. The van der Waals surface area contributed by atoms with Crippen LogP contribution in [0.15, 0.2) is 23.1 Å². The minimum absolute atomic E-state index is 0.529. The third-order valence-electron chi connectivity index (χ3n) is 1.77. The summed E-state index contributed by atoms with van der Waals surface area (Å²) in [6, 6.07) is 5.98. The monoisotopic (exact) mass is 242 g/mol. The van der Waals surface area contributed by atoms with Crippen LogP contribution in [0.5, 0.6) is 5.75 Å². The van der Waals surface area contributed by atoms with Gasteiger partial charge in [-0.1, -0.05) is 6.07 Å². The van der Waals surface area contributed by atoms with Crippen molar-refractivity contribution in [2.75, 3.05) is 13.7 Å². The largest absolute Gasteiger partial charge is 0.496 e. The van der Waals surface area contributed by atoms with Gasteiger partial charge in [0.2, 0.25) is 4.38 Å². The number of benzene rings is 1. The zero-order valence-corrected chi connectivity index (χ0v) is 10.7. The van der Waals surface area contributed by atoms with Gasteiger partial charge < -0.3 is 9.47 Å². The van der Waals surface area contributed by atoms with Crippen molar-refractivity contribution in [1.82, 2.24) is 0 Å². The molecule has 0 aromatic heterocycles. The van der Waals surface area contributed by atoms with Gasteiger partial charge in [-0.3, -0.25) is 0 Å². The molecule has 0 heterocycles. The fourth-order valence-corrected chi connectivity index (χ4v) is 2.34. The number of hydrogen-bond donors (Lipinski definition) is 0. The van der Waals surface area contributed by atoms with Gasteiger partial charge in [0.25, 0.3) is 0 Å². The Kier molecular flexibility index (Phi) is 4.91. The van der Waals surface area contributed by atoms with Gasteiger partial charge in [-0.25, -0.2) is 0 Å². The number of rotatable bonds is 3. The number of methoxy groups -OCH3 is 1. The Morgan fingerprint density at radius 3 is 2.80 bits per heavy atom. The number of thiocarbonyl (C=S) groups is 1. The zero-order valence-electron chi connectivity index (χ0n) is 9.07. The first-order chi connectivity index (χ1) is 7.17. The van der Waals surface area contributed by atoms with Crippen molar-refractivity contribution < 1.29 is 9.47 Å². The fourth-order valence-electron chi connectivity index (χ4n) is 1.10. The molecule has 0 N–H and O–H groups in total. The average molecular weight is 242 g/mol. The summed E-state index contributed by atoms with van der Waals surface area (Å²) < 4.78 is 11.0. The highest BCUT2D eigenvalue weighted by Crippen LogP contribution is 2.31. The number of ether oxygens (including phenoxy) is 2. The van der Waals surface area contributed by atoms with E-state index in [1.165, 1.54) is 17.3 Å². The summed E-state index contributed by atoms with van der Waals surface area (Å²) >= 11 is 6.49. The lowest BCUT2D eigenvalue weighted by atomic mass is 10.2. The molecule has 1 rings (SSSR count).